The quantitative estimate of drug-likeness (QED) is 0.436. The van der Waals surface area contributed by atoms with Gasteiger partial charge in [-0.2, -0.15) is 0 Å². The Kier molecular flexibility index (Phi) is 2.90. The number of rotatable bonds is 1. The molecule has 0 bridgehead atoms. The number of aromatic nitrogens is 1. The molecular formula is C23H19N. The summed E-state index contributed by atoms with van der Waals surface area (Å²) in [7, 11) is 0. The van der Waals surface area contributed by atoms with Gasteiger partial charge in [-0.25, -0.2) is 0 Å². The Morgan fingerprint density at radius 3 is 2.62 bits per heavy atom. The summed E-state index contributed by atoms with van der Waals surface area (Å²) < 4.78 is 0. The summed E-state index contributed by atoms with van der Waals surface area (Å²) in [5.74, 6) is 0. The van der Waals surface area contributed by atoms with Crippen molar-refractivity contribution in [2.45, 2.75) is 19.8 Å². The number of para-hydroxylation sites is 1. The Morgan fingerprint density at radius 2 is 1.67 bits per heavy atom. The Bertz CT molecular complexity index is 1110. The van der Waals surface area contributed by atoms with Crippen LogP contribution in [-0.2, 0) is 6.42 Å². The summed E-state index contributed by atoms with van der Waals surface area (Å²) >= 11 is 0. The first-order valence-electron chi connectivity index (χ1n) is 8.59. The van der Waals surface area contributed by atoms with Crippen LogP contribution in [-0.4, -0.2) is 4.98 Å². The van der Waals surface area contributed by atoms with E-state index in [0.29, 0.717) is 0 Å². The number of benzene rings is 3. The number of hydrogen-bond acceptors (Lipinski definition) is 0. The van der Waals surface area contributed by atoms with Crippen LogP contribution in [0.4, 0.5) is 0 Å². The first-order chi connectivity index (χ1) is 11.8. The van der Waals surface area contributed by atoms with Crippen LogP contribution in [0.2, 0.25) is 0 Å². The summed E-state index contributed by atoms with van der Waals surface area (Å²) in [6.45, 7) is 2.17. The molecule has 0 atom stereocenters. The summed E-state index contributed by atoms with van der Waals surface area (Å²) in [4.78, 5) is 3.56. The van der Waals surface area contributed by atoms with Crippen LogP contribution < -0.4 is 0 Å². The fraction of sp³-hybridized carbons (Fsp3) is 0.130. The molecule has 0 aliphatic heterocycles. The van der Waals surface area contributed by atoms with Gasteiger partial charge in [0.25, 0.3) is 0 Å². The van der Waals surface area contributed by atoms with E-state index in [-0.39, 0.29) is 0 Å². The fourth-order valence-corrected chi connectivity index (χ4v) is 3.89. The molecule has 0 fully saturated rings. The average molecular weight is 309 g/mol. The van der Waals surface area contributed by atoms with Crippen LogP contribution in [0.3, 0.4) is 0 Å². The van der Waals surface area contributed by atoms with Crippen LogP contribution in [0.15, 0.2) is 60.7 Å². The minimum Gasteiger partial charge on any atom is -0.354 e. The van der Waals surface area contributed by atoms with E-state index >= 15 is 0 Å². The lowest BCUT2D eigenvalue weighted by Gasteiger charge is -2.17. The molecule has 0 amide bonds. The number of allylic oxidation sites excluding steroid dienone is 1. The van der Waals surface area contributed by atoms with E-state index in [0.717, 1.165) is 12.8 Å². The average Bonchev–Trinajstić information content (AvgIpc) is 2.98. The van der Waals surface area contributed by atoms with Crippen molar-refractivity contribution in [1.82, 2.24) is 4.98 Å². The smallest absolute Gasteiger partial charge is 0.0470 e. The maximum Gasteiger partial charge on any atom is 0.0470 e. The minimum absolute atomic E-state index is 1.11. The SMILES string of the molecule is Cc1ccc2c(c1)C=C(c1ccc3c(c1)[nH]c1ccccc13)CC2. The fourth-order valence-electron chi connectivity index (χ4n) is 3.89. The third-order valence-corrected chi connectivity index (χ3v) is 5.17. The molecule has 116 valence electrons. The number of aryl methyl sites for hydroxylation is 2. The van der Waals surface area contributed by atoms with Crippen molar-refractivity contribution in [3.8, 4) is 0 Å². The molecule has 0 unspecified atom stereocenters. The van der Waals surface area contributed by atoms with Crippen molar-refractivity contribution < 1.29 is 0 Å². The van der Waals surface area contributed by atoms with Gasteiger partial charge in [-0.05, 0) is 54.2 Å². The van der Waals surface area contributed by atoms with Crippen LogP contribution in [0.25, 0.3) is 33.5 Å². The van der Waals surface area contributed by atoms with Gasteiger partial charge in [0, 0.05) is 21.8 Å². The number of nitrogens with one attached hydrogen (secondary N) is 1. The maximum absolute atomic E-state index is 3.56. The van der Waals surface area contributed by atoms with E-state index < -0.39 is 0 Å². The summed E-state index contributed by atoms with van der Waals surface area (Å²) in [5.41, 5.74) is 9.39. The molecule has 0 saturated heterocycles. The van der Waals surface area contributed by atoms with Gasteiger partial charge in [0.05, 0.1) is 0 Å². The standard InChI is InChI=1S/C23H19N/c1-15-6-7-16-8-9-17(13-19(16)12-15)18-10-11-21-20-4-2-3-5-22(20)24-23(21)14-18/h2-7,10-14,24H,8-9H2,1H3. The van der Waals surface area contributed by atoms with Crippen LogP contribution >= 0.6 is 0 Å². The zero-order valence-electron chi connectivity index (χ0n) is 13.8. The molecule has 1 heterocycles. The zero-order chi connectivity index (χ0) is 16.1. The lowest BCUT2D eigenvalue weighted by molar-refractivity contribution is 0.999. The largest absolute Gasteiger partial charge is 0.354 e. The normalized spacial score (nSPS) is 14.0. The lowest BCUT2D eigenvalue weighted by Crippen LogP contribution is -1.99. The Labute approximate surface area is 141 Å². The molecule has 0 saturated carbocycles. The van der Waals surface area contributed by atoms with Crippen molar-refractivity contribution in [1.29, 1.82) is 0 Å². The monoisotopic (exact) mass is 309 g/mol. The molecule has 0 spiro atoms. The van der Waals surface area contributed by atoms with Crippen molar-refractivity contribution in [2.75, 3.05) is 0 Å². The van der Waals surface area contributed by atoms with Gasteiger partial charge in [-0.15, -0.1) is 0 Å². The van der Waals surface area contributed by atoms with Gasteiger partial charge < -0.3 is 4.98 Å². The molecule has 4 aromatic rings. The third kappa shape index (κ3) is 2.09. The van der Waals surface area contributed by atoms with Gasteiger partial charge in [0.1, 0.15) is 0 Å². The van der Waals surface area contributed by atoms with Gasteiger partial charge in [0.15, 0.2) is 0 Å². The highest BCUT2D eigenvalue weighted by atomic mass is 14.7. The molecule has 1 aliphatic rings. The summed E-state index contributed by atoms with van der Waals surface area (Å²) in [6, 6.07) is 22.2. The van der Waals surface area contributed by atoms with E-state index in [4.69, 9.17) is 0 Å². The number of H-pyrrole nitrogens is 1. The second kappa shape index (κ2) is 5.10. The highest BCUT2D eigenvalue weighted by Gasteiger charge is 2.13. The maximum atomic E-state index is 3.56. The molecule has 1 heteroatoms. The predicted octanol–water partition coefficient (Wildman–Crippen LogP) is 6.12. The zero-order valence-corrected chi connectivity index (χ0v) is 13.8. The molecule has 24 heavy (non-hydrogen) atoms. The van der Waals surface area contributed by atoms with Crippen molar-refractivity contribution >= 4 is 33.5 Å². The molecule has 5 rings (SSSR count). The first-order valence-corrected chi connectivity index (χ1v) is 8.59. The van der Waals surface area contributed by atoms with Crippen molar-refractivity contribution in [3.63, 3.8) is 0 Å². The Morgan fingerprint density at radius 1 is 0.792 bits per heavy atom. The number of aromatic amines is 1. The third-order valence-electron chi connectivity index (χ3n) is 5.17. The molecular weight excluding hydrogens is 290 g/mol. The van der Waals surface area contributed by atoms with Crippen LogP contribution in [0.5, 0.6) is 0 Å². The van der Waals surface area contributed by atoms with Crippen LogP contribution in [0, 0.1) is 6.92 Å². The van der Waals surface area contributed by atoms with Crippen LogP contribution in [0.1, 0.15) is 28.7 Å². The van der Waals surface area contributed by atoms with Gasteiger partial charge in [0.2, 0.25) is 0 Å². The first kappa shape index (κ1) is 13.6. The second-order valence-electron chi connectivity index (χ2n) is 6.80. The van der Waals surface area contributed by atoms with Gasteiger partial charge in [-0.1, -0.05) is 60.2 Å². The molecule has 1 aromatic heterocycles. The van der Waals surface area contributed by atoms with E-state index in [1.165, 1.54) is 49.6 Å². The van der Waals surface area contributed by atoms with E-state index in [9.17, 15) is 0 Å². The van der Waals surface area contributed by atoms with E-state index in [2.05, 4.69) is 78.6 Å². The Hall–Kier alpha value is -2.80. The lowest BCUT2D eigenvalue weighted by atomic mass is 9.88. The molecule has 0 radical (unpaired) electrons. The summed E-state index contributed by atoms with van der Waals surface area (Å²) in [6.07, 6.45) is 4.61. The minimum atomic E-state index is 1.11. The highest BCUT2D eigenvalue weighted by Crippen LogP contribution is 2.33. The van der Waals surface area contributed by atoms with Gasteiger partial charge in [-0.3, -0.25) is 0 Å². The second-order valence-corrected chi connectivity index (χ2v) is 6.80. The van der Waals surface area contributed by atoms with Gasteiger partial charge >= 0.3 is 0 Å². The summed E-state index contributed by atoms with van der Waals surface area (Å²) in [5, 5.41) is 2.61. The number of hydrogen-bond donors (Lipinski definition) is 1. The number of fused-ring (bicyclic) bond motifs is 4. The van der Waals surface area contributed by atoms with E-state index in [1.807, 2.05) is 0 Å². The Balaban J connectivity index is 1.65. The molecule has 3 aromatic carbocycles. The van der Waals surface area contributed by atoms with Crippen molar-refractivity contribution in [2.24, 2.45) is 0 Å². The van der Waals surface area contributed by atoms with Crippen molar-refractivity contribution in [3.05, 3.63) is 82.9 Å². The van der Waals surface area contributed by atoms with E-state index in [1.54, 1.807) is 0 Å². The molecule has 1 N–H and O–H groups in total. The predicted molar refractivity (Wildman–Crippen MR) is 103 cm³/mol. The highest BCUT2D eigenvalue weighted by molar-refractivity contribution is 6.08. The molecule has 1 aliphatic carbocycles. The molecule has 1 nitrogen and oxygen atoms in total. The topological polar surface area (TPSA) is 15.8 Å².